The molecule has 6 heteroatoms. The topological polar surface area (TPSA) is 59.8 Å². The Bertz CT molecular complexity index is 1200. The van der Waals surface area contributed by atoms with Gasteiger partial charge >= 0.3 is 0 Å². The van der Waals surface area contributed by atoms with E-state index in [0.717, 1.165) is 11.1 Å². The lowest BCUT2D eigenvalue weighted by Gasteiger charge is -2.10. The van der Waals surface area contributed by atoms with Crippen LogP contribution in [-0.4, -0.2) is 20.7 Å². The summed E-state index contributed by atoms with van der Waals surface area (Å²) in [6.07, 6.45) is 0. The van der Waals surface area contributed by atoms with E-state index in [-0.39, 0.29) is 5.69 Å². The second kappa shape index (κ2) is 6.88. The maximum absolute atomic E-state index is 14.1. The number of amides is 1. The summed E-state index contributed by atoms with van der Waals surface area (Å²) in [5, 5.41) is 7.76. The highest BCUT2D eigenvalue weighted by atomic mass is 19.1. The quantitative estimate of drug-likeness (QED) is 0.568. The predicted octanol–water partition coefficient (Wildman–Crippen LogP) is 4.64. The van der Waals surface area contributed by atoms with Gasteiger partial charge in [-0.1, -0.05) is 36.4 Å². The molecule has 0 unspecified atom stereocenters. The Balaban J connectivity index is 1.87. The summed E-state index contributed by atoms with van der Waals surface area (Å²) in [5.74, 6) is -0.874. The molecule has 0 bridgehead atoms. The Hall–Kier alpha value is -3.54. The summed E-state index contributed by atoms with van der Waals surface area (Å²) in [4.78, 5) is 17.8. The van der Waals surface area contributed by atoms with Crippen molar-refractivity contribution < 1.29 is 9.18 Å². The Kier molecular flexibility index (Phi) is 4.39. The maximum atomic E-state index is 14.1. The van der Waals surface area contributed by atoms with Crippen LogP contribution in [0, 0.1) is 19.7 Å². The van der Waals surface area contributed by atoms with Crippen molar-refractivity contribution in [2.45, 2.75) is 13.8 Å². The average molecular weight is 374 g/mol. The van der Waals surface area contributed by atoms with Crippen LogP contribution in [0.4, 0.5) is 10.1 Å². The van der Waals surface area contributed by atoms with Gasteiger partial charge in [-0.2, -0.15) is 5.10 Å². The highest BCUT2D eigenvalue weighted by Gasteiger charge is 2.20. The number of fused-ring (bicyclic) bond motifs is 1. The summed E-state index contributed by atoms with van der Waals surface area (Å²) in [6.45, 7) is 3.68. The van der Waals surface area contributed by atoms with Crippen LogP contribution < -0.4 is 5.32 Å². The molecule has 5 nitrogen and oxygen atoms in total. The first kappa shape index (κ1) is 17.9. The minimum Gasteiger partial charge on any atom is -0.319 e. The third-order valence-corrected chi connectivity index (χ3v) is 4.65. The van der Waals surface area contributed by atoms with Crippen LogP contribution in [0.1, 0.15) is 21.6 Å². The molecule has 0 saturated heterocycles. The van der Waals surface area contributed by atoms with Gasteiger partial charge in [0.1, 0.15) is 5.82 Å². The highest BCUT2D eigenvalue weighted by molar-refractivity contribution is 6.13. The molecule has 1 amide bonds. The highest BCUT2D eigenvalue weighted by Crippen LogP contribution is 2.28. The number of nitrogens with zero attached hydrogens (tertiary/aromatic N) is 3. The van der Waals surface area contributed by atoms with Crippen LogP contribution in [0.25, 0.3) is 22.3 Å². The van der Waals surface area contributed by atoms with Gasteiger partial charge < -0.3 is 5.32 Å². The van der Waals surface area contributed by atoms with Gasteiger partial charge in [-0.05, 0) is 37.6 Å². The molecule has 2 aromatic heterocycles. The molecule has 0 aliphatic rings. The zero-order valence-corrected chi connectivity index (χ0v) is 15.8. The first-order chi connectivity index (χ1) is 13.4. The third-order valence-electron chi connectivity index (χ3n) is 4.65. The van der Waals surface area contributed by atoms with Gasteiger partial charge in [0.05, 0.1) is 28.0 Å². The van der Waals surface area contributed by atoms with Crippen molar-refractivity contribution in [2.24, 2.45) is 7.05 Å². The van der Waals surface area contributed by atoms with E-state index >= 15 is 0 Å². The van der Waals surface area contributed by atoms with Crippen LogP contribution >= 0.6 is 0 Å². The van der Waals surface area contributed by atoms with Crippen LogP contribution in [0.5, 0.6) is 0 Å². The molecule has 4 rings (SSSR count). The number of pyridine rings is 1. The summed E-state index contributed by atoms with van der Waals surface area (Å²) in [7, 11) is 1.79. The third kappa shape index (κ3) is 3.13. The fourth-order valence-electron chi connectivity index (χ4n) is 3.31. The molecule has 2 heterocycles. The van der Waals surface area contributed by atoms with Crippen molar-refractivity contribution in [3.63, 3.8) is 0 Å². The molecule has 0 fully saturated rings. The van der Waals surface area contributed by atoms with Crippen molar-refractivity contribution in [1.82, 2.24) is 14.8 Å². The fourth-order valence-corrected chi connectivity index (χ4v) is 3.31. The smallest absolute Gasteiger partial charge is 0.256 e. The number of aryl methyl sites for hydroxylation is 3. The molecule has 0 atom stereocenters. The molecule has 1 N–H and O–H groups in total. The molecule has 140 valence electrons. The van der Waals surface area contributed by atoms with Crippen LogP contribution in [0.15, 0.2) is 54.6 Å². The average Bonchev–Trinajstić information content (AvgIpc) is 2.98. The normalized spacial score (nSPS) is 11.0. The molecule has 2 aromatic carbocycles. The largest absolute Gasteiger partial charge is 0.319 e. The second-order valence-corrected chi connectivity index (χ2v) is 6.77. The van der Waals surface area contributed by atoms with E-state index < -0.39 is 11.7 Å². The Morgan fingerprint density at radius 1 is 1.07 bits per heavy atom. The van der Waals surface area contributed by atoms with Crippen LogP contribution in [0.3, 0.4) is 0 Å². The van der Waals surface area contributed by atoms with Crippen molar-refractivity contribution in [1.29, 1.82) is 0 Å². The summed E-state index contributed by atoms with van der Waals surface area (Å²) >= 11 is 0. The van der Waals surface area contributed by atoms with Crippen molar-refractivity contribution in [2.75, 3.05) is 5.32 Å². The van der Waals surface area contributed by atoms with Gasteiger partial charge in [-0.25, -0.2) is 9.37 Å². The number of carbonyl (C=O) groups excluding carboxylic acids is 1. The van der Waals surface area contributed by atoms with E-state index in [2.05, 4.69) is 10.4 Å². The van der Waals surface area contributed by atoms with Crippen LogP contribution in [0.2, 0.25) is 0 Å². The van der Waals surface area contributed by atoms with Crippen molar-refractivity contribution in [3.05, 3.63) is 77.2 Å². The maximum Gasteiger partial charge on any atom is 0.256 e. The zero-order chi connectivity index (χ0) is 19.8. The Morgan fingerprint density at radius 2 is 1.82 bits per heavy atom. The molecular formula is C22H19FN4O. The standard InChI is InChI=1S/C22H19FN4O/c1-13-9-10-17(23)19(11-13)25-22(28)16-12-18(15-7-5-4-6-8-15)24-21-20(16)14(2)26-27(21)3/h4-12H,1-3H3,(H,25,28). The molecule has 28 heavy (non-hydrogen) atoms. The molecule has 0 saturated carbocycles. The van der Waals surface area contributed by atoms with Gasteiger partial charge in [0.15, 0.2) is 5.65 Å². The van der Waals surface area contributed by atoms with E-state index in [4.69, 9.17) is 4.98 Å². The van der Waals surface area contributed by atoms with E-state index in [1.54, 1.807) is 29.9 Å². The van der Waals surface area contributed by atoms with Gasteiger partial charge in [-0.15, -0.1) is 0 Å². The number of carbonyl (C=O) groups is 1. The van der Waals surface area contributed by atoms with Crippen LogP contribution in [-0.2, 0) is 7.05 Å². The molecule has 0 aliphatic heterocycles. The number of anilines is 1. The fraction of sp³-hybridized carbons (Fsp3) is 0.136. The summed E-state index contributed by atoms with van der Waals surface area (Å²) < 4.78 is 15.8. The van der Waals surface area contributed by atoms with E-state index in [1.807, 2.05) is 44.2 Å². The molecule has 4 aromatic rings. The number of hydrogen-bond donors (Lipinski definition) is 1. The van der Waals surface area contributed by atoms with E-state index in [9.17, 15) is 9.18 Å². The van der Waals surface area contributed by atoms with E-state index in [0.29, 0.717) is 28.0 Å². The Morgan fingerprint density at radius 3 is 2.57 bits per heavy atom. The SMILES string of the molecule is Cc1ccc(F)c(NC(=O)c2cc(-c3ccccc3)nc3c2c(C)nn3C)c1. The number of nitrogens with one attached hydrogen (secondary N) is 1. The number of hydrogen-bond acceptors (Lipinski definition) is 3. The lowest BCUT2D eigenvalue weighted by atomic mass is 10.0. The van der Waals surface area contributed by atoms with Crippen molar-refractivity contribution >= 4 is 22.6 Å². The number of rotatable bonds is 3. The first-order valence-corrected chi connectivity index (χ1v) is 8.91. The minimum absolute atomic E-state index is 0.151. The minimum atomic E-state index is -0.476. The number of benzene rings is 2. The van der Waals surface area contributed by atoms with Gasteiger partial charge in [0.25, 0.3) is 5.91 Å². The molecular weight excluding hydrogens is 355 g/mol. The number of halogens is 1. The lowest BCUT2D eigenvalue weighted by molar-refractivity contribution is 0.102. The zero-order valence-electron chi connectivity index (χ0n) is 15.8. The summed E-state index contributed by atoms with van der Waals surface area (Å²) in [6, 6.07) is 16.0. The second-order valence-electron chi connectivity index (χ2n) is 6.77. The molecule has 0 aliphatic carbocycles. The number of aromatic nitrogens is 3. The monoisotopic (exact) mass is 374 g/mol. The molecule has 0 radical (unpaired) electrons. The molecule has 0 spiro atoms. The van der Waals surface area contributed by atoms with Crippen molar-refractivity contribution in [3.8, 4) is 11.3 Å². The van der Waals surface area contributed by atoms with Gasteiger partial charge in [0, 0.05) is 12.6 Å². The predicted molar refractivity (Wildman–Crippen MR) is 108 cm³/mol. The summed E-state index contributed by atoms with van der Waals surface area (Å²) in [5.41, 5.74) is 4.27. The lowest BCUT2D eigenvalue weighted by Crippen LogP contribution is -2.14. The van der Waals surface area contributed by atoms with E-state index in [1.165, 1.54) is 6.07 Å². The Labute approximate surface area is 161 Å². The van der Waals surface area contributed by atoms with Gasteiger partial charge in [0.2, 0.25) is 0 Å². The van der Waals surface area contributed by atoms with Gasteiger partial charge in [-0.3, -0.25) is 9.48 Å². The first-order valence-electron chi connectivity index (χ1n) is 8.91.